The van der Waals surface area contributed by atoms with Gasteiger partial charge in [0.05, 0.1) is 12.1 Å². The van der Waals surface area contributed by atoms with Gasteiger partial charge in [-0.15, -0.1) is 0 Å². The molecule has 13 heavy (non-hydrogen) atoms. The van der Waals surface area contributed by atoms with Crippen molar-refractivity contribution in [1.29, 1.82) is 0 Å². The average Bonchev–Trinajstić information content (AvgIpc) is 2.01. The molecule has 0 fully saturated rings. The normalized spacial score (nSPS) is 15.5. The molecule has 0 bridgehead atoms. The van der Waals surface area contributed by atoms with Crippen LogP contribution in [0.5, 0.6) is 0 Å². The fraction of sp³-hybridized carbons (Fsp3) is 0.400. The fourth-order valence-corrected chi connectivity index (χ4v) is 1.24. The molecule has 1 rings (SSSR count). The highest BCUT2D eigenvalue weighted by molar-refractivity contribution is 5.26. The molecule has 72 valence electrons. The molecule has 0 saturated carbocycles. The molecule has 3 N–H and O–H groups in total. The molecule has 0 aliphatic heterocycles. The zero-order valence-corrected chi connectivity index (χ0v) is 7.79. The van der Waals surface area contributed by atoms with Gasteiger partial charge in [0.15, 0.2) is 0 Å². The molecule has 0 aliphatic rings. The number of halogens is 1. The SMILES string of the molecule is Cc1cc(F)cc(C(N)C(C)O)c1. The first-order valence-corrected chi connectivity index (χ1v) is 4.21. The van der Waals surface area contributed by atoms with Gasteiger partial charge in [-0.05, 0) is 37.1 Å². The molecule has 2 nitrogen and oxygen atoms in total. The minimum atomic E-state index is -0.666. The third kappa shape index (κ3) is 2.50. The highest BCUT2D eigenvalue weighted by Crippen LogP contribution is 2.17. The van der Waals surface area contributed by atoms with Gasteiger partial charge in [0.1, 0.15) is 5.82 Å². The Morgan fingerprint density at radius 3 is 2.46 bits per heavy atom. The molecule has 0 radical (unpaired) electrons. The summed E-state index contributed by atoms with van der Waals surface area (Å²) in [6.07, 6.45) is -0.666. The van der Waals surface area contributed by atoms with Crippen molar-refractivity contribution in [3.05, 3.63) is 35.1 Å². The van der Waals surface area contributed by atoms with Gasteiger partial charge in [0.2, 0.25) is 0 Å². The van der Waals surface area contributed by atoms with Crippen LogP contribution in [-0.2, 0) is 0 Å². The van der Waals surface area contributed by atoms with E-state index >= 15 is 0 Å². The van der Waals surface area contributed by atoms with Crippen molar-refractivity contribution in [3.63, 3.8) is 0 Å². The number of nitrogens with two attached hydrogens (primary N) is 1. The lowest BCUT2D eigenvalue weighted by atomic mass is 10.0. The van der Waals surface area contributed by atoms with Crippen molar-refractivity contribution in [2.75, 3.05) is 0 Å². The standard InChI is InChI=1S/C10H14FNO/c1-6-3-8(5-9(11)4-6)10(12)7(2)13/h3-5,7,10,13H,12H2,1-2H3. The Morgan fingerprint density at radius 1 is 1.38 bits per heavy atom. The Labute approximate surface area is 77.2 Å². The largest absolute Gasteiger partial charge is 0.391 e. The van der Waals surface area contributed by atoms with Crippen LogP contribution in [0.2, 0.25) is 0 Å². The third-order valence-electron chi connectivity index (χ3n) is 1.97. The van der Waals surface area contributed by atoms with Crippen LogP contribution in [0.3, 0.4) is 0 Å². The van der Waals surface area contributed by atoms with Crippen molar-refractivity contribution in [1.82, 2.24) is 0 Å². The van der Waals surface area contributed by atoms with E-state index in [1.54, 1.807) is 19.9 Å². The summed E-state index contributed by atoms with van der Waals surface area (Å²) < 4.78 is 12.9. The molecule has 1 aromatic rings. The van der Waals surface area contributed by atoms with Crippen LogP contribution in [0.1, 0.15) is 24.1 Å². The van der Waals surface area contributed by atoms with Crippen molar-refractivity contribution in [2.45, 2.75) is 26.0 Å². The summed E-state index contributed by atoms with van der Waals surface area (Å²) in [6, 6.07) is 4.04. The maximum absolute atomic E-state index is 12.9. The Bertz CT molecular complexity index is 279. The van der Waals surface area contributed by atoms with Crippen LogP contribution in [0.25, 0.3) is 0 Å². The monoisotopic (exact) mass is 183 g/mol. The molecule has 0 aliphatic carbocycles. The quantitative estimate of drug-likeness (QED) is 0.730. The molecule has 2 atom stereocenters. The van der Waals surface area contributed by atoms with E-state index in [-0.39, 0.29) is 5.82 Å². The fourth-order valence-electron chi connectivity index (χ4n) is 1.24. The molecule has 0 amide bonds. The molecule has 2 unspecified atom stereocenters. The van der Waals surface area contributed by atoms with Gasteiger partial charge in [-0.1, -0.05) is 6.07 Å². The minimum Gasteiger partial charge on any atom is -0.391 e. The predicted octanol–water partition coefficient (Wildman–Crippen LogP) is 1.51. The van der Waals surface area contributed by atoms with Gasteiger partial charge < -0.3 is 10.8 Å². The summed E-state index contributed by atoms with van der Waals surface area (Å²) >= 11 is 0. The predicted molar refractivity (Wildman–Crippen MR) is 49.7 cm³/mol. The smallest absolute Gasteiger partial charge is 0.123 e. The Morgan fingerprint density at radius 2 is 2.00 bits per heavy atom. The van der Waals surface area contributed by atoms with Crippen molar-refractivity contribution >= 4 is 0 Å². The average molecular weight is 183 g/mol. The van der Waals surface area contributed by atoms with Gasteiger partial charge in [0.25, 0.3) is 0 Å². The molecular formula is C10H14FNO. The third-order valence-corrected chi connectivity index (χ3v) is 1.97. The van der Waals surface area contributed by atoms with Crippen molar-refractivity contribution in [2.24, 2.45) is 5.73 Å². The van der Waals surface area contributed by atoms with E-state index in [0.717, 1.165) is 5.56 Å². The molecule has 0 spiro atoms. The molecule has 3 heteroatoms. The molecule has 0 saturated heterocycles. The Kier molecular flexibility index (Phi) is 3.01. The second kappa shape index (κ2) is 3.85. The van der Waals surface area contributed by atoms with Gasteiger partial charge in [-0.2, -0.15) is 0 Å². The van der Waals surface area contributed by atoms with Gasteiger partial charge in [-0.3, -0.25) is 0 Å². The number of rotatable bonds is 2. The highest BCUT2D eigenvalue weighted by atomic mass is 19.1. The van der Waals surface area contributed by atoms with Crippen LogP contribution in [0, 0.1) is 12.7 Å². The second-order valence-corrected chi connectivity index (χ2v) is 3.33. The van der Waals surface area contributed by atoms with E-state index in [4.69, 9.17) is 5.73 Å². The maximum atomic E-state index is 12.9. The Hall–Kier alpha value is -0.930. The molecule has 0 heterocycles. The van der Waals surface area contributed by atoms with E-state index in [9.17, 15) is 9.50 Å². The second-order valence-electron chi connectivity index (χ2n) is 3.33. The molecular weight excluding hydrogens is 169 g/mol. The summed E-state index contributed by atoms with van der Waals surface area (Å²) in [5.41, 5.74) is 7.10. The summed E-state index contributed by atoms with van der Waals surface area (Å²) in [5.74, 6) is -0.314. The number of aliphatic hydroxyl groups is 1. The topological polar surface area (TPSA) is 46.2 Å². The van der Waals surface area contributed by atoms with E-state index in [1.807, 2.05) is 0 Å². The highest BCUT2D eigenvalue weighted by Gasteiger charge is 2.12. The summed E-state index contributed by atoms with van der Waals surface area (Å²) in [7, 11) is 0. The van der Waals surface area contributed by atoms with E-state index < -0.39 is 12.1 Å². The van der Waals surface area contributed by atoms with Crippen molar-refractivity contribution in [3.8, 4) is 0 Å². The number of benzene rings is 1. The van der Waals surface area contributed by atoms with E-state index in [2.05, 4.69) is 0 Å². The van der Waals surface area contributed by atoms with Crippen LogP contribution < -0.4 is 5.73 Å². The number of aryl methyl sites for hydroxylation is 1. The lowest BCUT2D eigenvalue weighted by Crippen LogP contribution is -2.23. The first-order chi connectivity index (χ1) is 6.00. The maximum Gasteiger partial charge on any atom is 0.123 e. The lowest BCUT2D eigenvalue weighted by molar-refractivity contribution is 0.164. The van der Waals surface area contributed by atoms with Gasteiger partial charge in [0, 0.05) is 0 Å². The van der Waals surface area contributed by atoms with Gasteiger partial charge in [-0.25, -0.2) is 4.39 Å². The first-order valence-electron chi connectivity index (χ1n) is 4.21. The van der Waals surface area contributed by atoms with Crippen LogP contribution in [-0.4, -0.2) is 11.2 Å². The van der Waals surface area contributed by atoms with Crippen LogP contribution >= 0.6 is 0 Å². The van der Waals surface area contributed by atoms with Crippen molar-refractivity contribution < 1.29 is 9.50 Å². The summed E-state index contributed by atoms with van der Waals surface area (Å²) in [6.45, 7) is 3.38. The van der Waals surface area contributed by atoms with Gasteiger partial charge >= 0.3 is 0 Å². The summed E-state index contributed by atoms with van der Waals surface area (Å²) in [5, 5.41) is 9.21. The van der Waals surface area contributed by atoms with E-state index in [0.29, 0.717) is 5.56 Å². The molecule has 0 aromatic heterocycles. The van der Waals surface area contributed by atoms with E-state index in [1.165, 1.54) is 12.1 Å². The van der Waals surface area contributed by atoms with Crippen LogP contribution in [0.4, 0.5) is 4.39 Å². The number of aliphatic hydroxyl groups excluding tert-OH is 1. The lowest BCUT2D eigenvalue weighted by Gasteiger charge is -2.15. The molecule has 1 aromatic carbocycles. The van der Waals surface area contributed by atoms with Crippen LogP contribution in [0.15, 0.2) is 18.2 Å². The Balaban J connectivity index is 3.01. The first kappa shape index (κ1) is 10.2. The zero-order chi connectivity index (χ0) is 10.0. The number of hydrogen-bond acceptors (Lipinski definition) is 2. The number of hydrogen-bond donors (Lipinski definition) is 2. The summed E-state index contributed by atoms with van der Waals surface area (Å²) in [4.78, 5) is 0. The zero-order valence-electron chi connectivity index (χ0n) is 7.79. The minimum absolute atomic E-state index is 0.314.